The van der Waals surface area contributed by atoms with Gasteiger partial charge in [0.1, 0.15) is 12.4 Å². The fourth-order valence-electron chi connectivity index (χ4n) is 2.62. The van der Waals surface area contributed by atoms with Crippen molar-refractivity contribution in [2.45, 2.75) is 25.5 Å². The Hall–Kier alpha value is -1.62. The van der Waals surface area contributed by atoms with Crippen molar-refractivity contribution in [3.63, 3.8) is 0 Å². The summed E-state index contributed by atoms with van der Waals surface area (Å²) in [6.07, 6.45) is 1.47. The zero-order valence-corrected chi connectivity index (χ0v) is 9.99. The summed E-state index contributed by atoms with van der Waals surface area (Å²) in [6, 6.07) is 4.65. The molecule has 0 atom stereocenters. The van der Waals surface area contributed by atoms with Gasteiger partial charge in [0.2, 0.25) is 0 Å². The molecule has 2 aliphatic heterocycles. The maximum Gasteiger partial charge on any atom is 0.414 e. The summed E-state index contributed by atoms with van der Waals surface area (Å²) < 4.78 is 18.3. The molecule has 0 saturated carbocycles. The van der Waals surface area contributed by atoms with Gasteiger partial charge in [-0.1, -0.05) is 0 Å². The van der Waals surface area contributed by atoms with Crippen molar-refractivity contribution >= 4 is 11.8 Å². The van der Waals surface area contributed by atoms with Crippen LogP contribution in [0.5, 0.6) is 0 Å². The van der Waals surface area contributed by atoms with Gasteiger partial charge in [-0.3, -0.25) is 4.90 Å². The van der Waals surface area contributed by atoms with E-state index < -0.39 is 0 Å². The molecule has 0 aliphatic carbocycles. The molecule has 1 amide bonds. The third-order valence-electron chi connectivity index (χ3n) is 3.52. The molecule has 1 fully saturated rings. The minimum Gasteiger partial charge on any atom is -0.444 e. The molecular weight excluding hydrogens is 235 g/mol. The first kappa shape index (κ1) is 11.5. The molecular formula is C13H15FN2O2. The lowest BCUT2D eigenvalue weighted by molar-refractivity contribution is 0.137. The highest BCUT2D eigenvalue weighted by Crippen LogP contribution is 2.31. The van der Waals surface area contributed by atoms with Crippen molar-refractivity contribution in [1.29, 1.82) is 0 Å². The highest BCUT2D eigenvalue weighted by atomic mass is 19.1. The second kappa shape index (κ2) is 4.57. The van der Waals surface area contributed by atoms with Crippen LogP contribution in [0.25, 0.3) is 0 Å². The average Bonchev–Trinajstić information content (AvgIpc) is 2.40. The van der Waals surface area contributed by atoms with Gasteiger partial charge in [0, 0.05) is 11.6 Å². The number of halogens is 1. The van der Waals surface area contributed by atoms with E-state index >= 15 is 0 Å². The molecule has 1 aromatic carbocycles. The standard InChI is InChI=1S/C13H15FN2O2/c14-10-1-2-12-9(7-10)8-18-13(17)16(12)11-3-5-15-6-4-11/h1-2,7,11,15H,3-6,8H2. The van der Waals surface area contributed by atoms with Gasteiger partial charge in [-0.15, -0.1) is 0 Å². The molecule has 1 saturated heterocycles. The van der Waals surface area contributed by atoms with Gasteiger partial charge in [-0.25, -0.2) is 9.18 Å². The SMILES string of the molecule is O=C1OCc2cc(F)ccc2N1C1CCNCC1. The maximum atomic E-state index is 13.2. The number of cyclic esters (lactones) is 1. The summed E-state index contributed by atoms with van der Waals surface area (Å²) in [5.74, 6) is -0.294. The first-order valence-corrected chi connectivity index (χ1v) is 6.21. The van der Waals surface area contributed by atoms with Gasteiger partial charge >= 0.3 is 6.09 Å². The predicted octanol–water partition coefficient (Wildman–Crippen LogP) is 2.03. The summed E-state index contributed by atoms with van der Waals surface area (Å²) in [6.45, 7) is 1.95. The van der Waals surface area contributed by atoms with Crippen LogP contribution in [0.1, 0.15) is 18.4 Å². The number of nitrogens with one attached hydrogen (secondary N) is 1. The minimum absolute atomic E-state index is 0.142. The molecule has 0 bridgehead atoms. The highest BCUT2D eigenvalue weighted by Gasteiger charge is 2.32. The fraction of sp³-hybridized carbons (Fsp3) is 0.462. The van der Waals surface area contributed by atoms with Crippen molar-refractivity contribution < 1.29 is 13.9 Å². The number of piperidine rings is 1. The van der Waals surface area contributed by atoms with Gasteiger partial charge in [-0.2, -0.15) is 0 Å². The zero-order chi connectivity index (χ0) is 12.5. The maximum absolute atomic E-state index is 13.2. The second-order valence-electron chi connectivity index (χ2n) is 4.68. The normalized spacial score (nSPS) is 20.5. The van der Waals surface area contributed by atoms with Crippen LogP contribution in [-0.4, -0.2) is 25.2 Å². The van der Waals surface area contributed by atoms with Crippen LogP contribution in [0.2, 0.25) is 0 Å². The molecule has 2 aliphatic rings. The van der Waals surface area contributed by atoms with Gasteiger partial charge in [0.25, 0.3) is 0 Å². The lowest BCUT2D eigenvalue weighted by atomic mass is 10.0. The van der Waals surface area contributed by atoms with Crippen molar-refractivity contribution in [2.24, 2.45) is 0 Å². The van der Waals surface area contributed by atoms with E-state index in [4.69, 9.17) is 4.74 Å². The van der Waals surface area contributed by atoms with Crippen LogP contribution < -0.4 is 10.2 Å². The molecule has 18 heavy (non-hydrogen) atoms. The molecule has 0 radical (unpaired) electrons. The number of amides is 1. The lowest BCUT2D eigenvalue weighted by Gasteiger charge is -2.37. The highest BCUT2D eigenvalue weighted by molar-refractivity contribution is 5.91. The largest absolute Gasteiger partial charge is 0.444 e. The second-order valence-corrected chi connectivity index (χ2v) is 4.68. The first-order valence-electron chi connectivity index (χ1n) is 6.21. The molecule has 0 aromatic heterocycles. The number of hydrogen-bond acceptors (Lipinski definition) is 3. The van der Waals surface area contributed by atoms with E-state index in [1.54, 1.807) is 11.0 Å². The molecule has 0 spiro atoms. The molecule has 5 heteroatoms. The number of ether oxygens (including phenoxy) is 1. The summed E-state index contributed by atoms with van der Waals surface area (Å²) in [5, 5.41) is 3.26. The van der Waals surface area contributed by atoms with E-state index in [2.05, 4.69) is 5.32 Å². The molecule has 1 N–H and O–H groups in total. The number of benzene rings is 1. The summed E-state index contributed by atoms with van der Waals surface area (Å²) in [7, 11) is 0. The zero-order valence-electron chi connectivity index (χ0n) is 9.99. The van der Waals surface area contributed by atoms with Crippen LogP contribution in [0.4, 0.5) is 14.9 Å². The van der Waals surface area contributed by atoms with E-state index in [0.29, 0.717) is 0 Å². The summed E-state index contributed by atoms with van der Waals surface area (Å²) in [4.78, 5) is 13.6. The molecule has 96 valence electrons. The Morgan fingerprint density at radius 1 is 1.33 bits per heavy atom. The number of nitrogens with zero attached hydrogens (tertiary/aromatic N) is 1. The van der Waals surface area contributed by atoms with Crippen LogP contribution in [0, 0.1) is 5.82 Å². The lowest BCUT2D eigenvalue weighted by Crippen LogP contribution is -2.48. The molecule has 2 heterocycles. The Morgan fingerprint density at radius 2 is 2.11 bits per heavy atom. The van der Waals surface area contributed by atoms with Gasteiger partial charge in [-0.05, 0) is 44.1 Å². The van der Waals surface area contributed by atoms with Crippen LogP contribution in [-0.2, 0) is 11.3 Å². The Kier molecular flexibility index (Phi) is 2.91. The predicted molar refractivity (Wildman–Crippen MR) is 65.0 cm³/mol. The topological polar surface area (TPSA) is 41.6 Å². The number of carbonyl (C=O) groups is 1. The summed E-state index contributed by atoms with van der Waals surface area (Å²) in [5.41, 5.74) is 1.53. The van der Waals surface area contributed by atoms with E-state index in [9.17, 15) is 9.18 Å². The van der Waals surface area contributed by atoms with E-state index in [-0.39, 0.29) is 24.6 Å². The van der Waals surface area contributed by atoms with E-state index in [1.807, 2.05) is 0 Å². The van der Waals surface area contributed by atoms with Crippen molar-refractivity contribution in [3.8, 4) is 0 Å². The number of carbonyl (C=O) groups excluding carboxylic acids is 1. The Morgan fingerprint density at radius 3 is 2.89 bits per heavy atom. The van der Waals surface area contributed by atoms with Crippen LogP contribution in [0.3, 0.4) is 0 Å². The number of fused-ring (bicyclic) bond motifs is 1. The number of anilines is 1. The minimum atomic E-state index is -0.319. The Labute approximate surface area is 105 Å². The third-order valence-corrected chi connectivity index (χ3v) is 3.52. The van der Waals surface area contributed by atoms with Gasteiger partial charge in [0.15, 0.2) is 0 Å². The quantitative estimate of drug-likeness (QED) is 0.829. The molecule has 1 aromatic rings. The third kappa shape index (κ3) is 1.95. The van der Waals surface area contributed by atoms with Crippen molar-refractivity contribution in [3.05, 3.63) is 29.6 Å². The Balaban J connectivity index is 1.95. The van der Waals surface area contributed by atoms with Crippen LogP contribution in [0.15, 0.2) is 18.2 Å². The number of hydrogen-bond donors (Lipinski definition) is 1. The monoisotopic (exact) mass is 250 g/mol. The smallest absolute Gasteiger partial charge is 0.414 e. The van der Waals surface area contributed by atoms with Gasteiger partial charge < -0.3 is 10.1 Å². The van der Waals surface area contributed by atoms with E-state index in [1.165, 1.54) is 12.1 Å². The molecule has 3 rings (SSSR count). The molecule has 0 unspecified atom stereocenters. The van der Waals surface area contributed by atoms with Crippen molar-refractivity contribution in [1.82, 2.24) is 5.32 Å². The first-order chi connectivity index (χ1) is 8.75. The van der Waals surface area contributed by atoms with E-state index in [0.717, 1.165) is 37.2 Å². The van der Waals surface area contributed by atoms with Crippen LogP contribution >= 0.6 is 0 Å². The van der Waals surface area contributed by atoms with Gasteiger partial charge in [0.05, 0.1) is 5.69 Å². The average molecular weight is 250 g/mol. The van der Waals surface area contributed by atoms with Crippen molar-refractivity contribution in [2.75, 3.05) is 18.0 Å². The fourth-order valence-corrected chi connectivity index (χ4v) is 2.62. The number of rotatable bonds is 1. The Bertz CT molecular complexity index is 472. The molecule has 4 nitrogen and oxygen atoms in total. The summed E-state index contributed by atoms with van der Waals surface area (Å²) >= 11 is 0.